The molecule has 2 N–H and O–H groups in total. The highest BCUT2D eigenvalue weighted by molar-refractivity contribution is 5.63. The summed E-state index contributed by atoms with van der Waals surface area (Å²) in [6.07, 6.45) is -1.41. The summed E-state index contributed by atoms with van der Waals surface area (Å²) in [5.41, 5.74) is 5.16. The van der Waals surface area contributed by atoms with Crippen LogP contribution in [0.15, 0.2) is 22.7 Å². The highest BCUT2D eigenvalue weighted by Crippen LogP contribution is 2.29. The minimum atomic E-state index is -1.41. The summed E-state index contributed by atoms with van der Waals surface area (Å²) in [5.74, 6) is -2.27. The summed E-state index contributed by atoms with van der Waals surface area (Å²) in [7, 11) is 0. The van der Waals surface area contributed by atoms with Gasteiger partial charge in [-0.2, -0.15) is 0 Å². The summed E-state index contributed by atoms with van der Waals surface area (Å²) < 4.78 is 44.4. The number of benzene rings is 1. The third kappa shape index (κ3) is 2.11. The molecule has 0 saturated heterocycles. The highest BCUT2D eigenvalue weighted by atomic mass is 19.2. The minimum Gasteiger partial charge on any atom is -0.368 e. The molecule has 0 aliphatic rings. The highest BCUT2D eigenvalue weighted by Gasteiger charge is 2.17. The van der Waals surface area contributed by atoms with Crippen LogP contribution in [0.2, 0.25) is 0 Å². The second-order valence-corrected chi connectivity index (χ2v) is 3.59. The fourth-order valence-electron chi connectivity index (χ4n) is 1.44. The fraction of sp³-hybridized carbons (Fsp3) is 0.182. The van der Waals surface area contributed by atoms with Gasteiger partial charge >= 0.3 is 0 Å². The molecule has 0 bridgehead atoms. The standard InChI is InChI=1S/C11H9F3N2O/c1-5(12)6-2-7(11(14)8(13)3-6)9-4-10(15)17-16-9/h2-5H,15H2,1H3. The molecule has 0 fully saturated rings. The Morgan fingerprint density at radius 3 is 2.53 bits per heavy atom. The lowest BCUT2D eigenvalue weighted by atomic mass is 10.0. The van der Waals surface area contributed by atoms with E-state index < -0.39 is 17.8 Å². The van der Waals surface area contributed by atoms with Crippen LogP contribution in [0, 0.1) is 11.6 Å². The van der Waals surface area contributed by atoms with Gasteiger partial charge in [0.05, 0.1) is 0 Å². The zero-order valence-electron chi connectivity index (χ0n) is 8.88. The van der Waals surface area contributed by atoms with Crippen molar-refractivity contribution in [1.29, 1.82) is 0 Å². The van der Waals surface area contributed by atoms with Crippen LogP contribution in [-0.4, -0.2) is 5.16 Å². The van der Waals surface area contributed by atoms with Gasteiger partial charge in [-0.1, -0.05) is 5.16 Å². The predicted molar refractivity (Wildman–Crippen MR) is 55.8 cm³/mol. The molecule has 0 aliphatic heterocycles. The normalized spacial score (nSPS) is 12.7. The topological polar surface area (TPSA) is 52.0 Å². The van der Waals surface area contributed by atoms with Gasteiger partial charge in [0.2, 0.25) is 5.88 Å². The summed E-state index contributed by atoms with van der Waals surface area (Å²) in [6.45, 7) is 1.23. The van der Waals surface area contributed by atoms with Gasteiger partial charge in [0.15, 0.2) is 11.6 Å². The van der Waals surface area contributed by atoms with Crippen LogP contribution in [0.25, 0.3) is 11.3 Å². The zero-order chi connectivity index (χ0) is 12.6. The number of hydrogen-bond acceptors (Lipinski definition) is 3. The molecular weight excluding hydrogens is 233 g/mol. The molecule has 1 atom stereocenters. The second kappa shape index (κ2) is 4.12. The quantitative estimate of drug-likeness (QED) is 0.879. The van der Waals surface area contributed by atoms with Crippen molar-refractivity contribution in [1.82, 2.24) is 5.16 Å². The third-order valence-corrected chi connectivity index (χ3v) is 2.31. The smallest absolute Gasteiger partial charge is 0.222 e. The summed E-state index contributed by atoms with van der Waals surface area (Å²) in [6, 6.07) is 3.23. The van der Waals surface area contributed by atoms with E-state index in [-0.39, 0.29) is 22.7 Å². The first-order valence-electron chi connectivity index (χ1n) is 4.84. The van der Waals surface area contributed by atoms with Crippen molar-refractivity contribution < 1.29 is 17.7 Å². The van der Waals surface area contributed by atoms with Crippen LogP contribution in [0.3, 0.4) is 0 Å². The lowest BCUT2D eigenvalue weighted by Crippen LogP contribution is -1.95. The largest absolute Gasteiger partial charge is 0.368 e. The number of rotatable bonds is 2. The average molecular weight is 242 g/mol. The second-order valence-electron chi connectivity index (χ2n) is 3.59. The Balaban J connectivity index is 2.60. The van der Waals surface area contributed by atoms with E-state index >= 15 is 0 Å². The van der Waals surface area contributed by atoms with Gasteiger partial charge in [0, 0.05) is 11.6 Å². The van der Waals surface area contributed by atoms with E-state index in [9.17, 15) is 13.2 Å². The van der Waals surface area contributed by atoms with Crippen molar-refractivity contribution in [2.75, 3.05) is 5.73 Å². The van der Waals surface area contributed by atoms with E-state index in [1.165, 1.54) is 19.1 Å². The van der Waals surface area contributed by atoms with Crippen LogP contribution in [0.1, 0.15) is 18.7 Å². The van der Waals surface area contributed by atoms with Gasteiger partial charge in [0.25, 0.3) is 0 Å². The lowest BCUT2D eigenvalue weighted by molar-refractivity contribution is 0.371. The van der Waals surface area contributed by atoms with Crippen LogP contribution >= 0.6 is 0 Å². The van der Waals surface area contributed by atoms with Crippen LogP contribution in [0.4, 0.5) is 19.1 Å². The molecule has 3 nitrogen and oxygen atoms in total. The van der Waals surface area contributed by atoms with Crippen LogP contribution in [0.5, 0.6) is 0 Å². The van der Waals surface area contributed by atoms with E-state index in [4.69, 9.17) is 5.73 Å². The monoisotopic (exact) mass is 242 g/mol. The molecule has 1 unspecified atom stereocenters. The number of nitrogens with two attached hydrogens (primary N) is 1. The number of nitrogens with zero attached hydrogens (tertiary/aromatic N) is 1. The zero-order valence-corrected chi connectivity index (χ0v) is 8.88. The Labute approximate surface area is 95.0 Å². The molecule has 2 rings (SSSR count). The first kappa shape index (κ1) is 11.5. The molecule has 0 saturated carbocycles. The SMILES string of the molecule is CC(F)c1cc(F)c(F)c(-c2cc(N)on2)c1. The molecule has 0 aliphatic carbocycles. The van der Waals surface area contributed by atoms with Crippen molar-refractivity contribution in [2.45, 2.75) is 13.1 Å². The van der Waals surface area contributed by atoms with Gasteiger partial charge in [-0.3, -0.25) is 0 Å². The van der Waals surface area contributed by atoms with E-state index in [0.717, 1.165) is 6.07 Å². The van der Waals surface area contributed by atoms with Crippen molar-refractivity contribution in [3.8, 4) is 11.3 Å². The minimum absolute atomic E-state index is 0.0282. The van der Waals surface area contributed by atoms with E-state index in [1.807, 2.05) is 0 Å². The maximum absolute atomic E-state index is 13.5. The molecule has 90 valence electrons. The molecule has 1 heterocycles. The predicted octanol–water partition coefficient (Wildman–Crippen LogP) is 3.23. The first-order chi connectivity index (χ1) is 7.99. The third-order valence-electron chi connectivity index (χ3n) is 2.31. The van der Waals surface area contributed by atoms with Crippen molar-refractivity contribution in [2.24, 2.45) is 0 Å². The van der Waals surface area contributed by atoms with E-state index in [1.54, 1.807) is 0 Å². The lowest BCUT2D eigenvalue weighted by Gasteiger charge is -2.06. The number of aromatic nitrogens is 1. The maximum Gasteiger partial charge on any atom is 0.222 e. The van der Waals surface area contributed by atoms with Crippen LogP contribution < -0.4 is 5.73 Å². The molecule has 0 radical (unpaired) electrons. The van der Waals surface area contributed by atoms with Crippen molar-refractivity contribution >= 4 is 5.88 Å². The van der Waals surface area contributed by atoms with Gasteiger partial charge in [-0.05, 0) is 24.6 Å². The molecular formula is C11H9F3N2O. The number of anilines is 1. The number of alkyl halides is 1. The molecule has 2 aromatic rings. The van der Waals surface area contributed by atoms with Crippen molar-refractivity contribution in [3.63, 3.8) is 0 Å². The Morgan fingerprint density at radius 2 is 2.00 bits per heavy atom. The summed E-state index contributed by atoms with van der Waals surface area (Å²) in [4.78, 5) is 0. The molecule has 1 aromatic heterocycles. The Kier molecular flexibility index (Phi) is 2.79. The van der Waals surface area contributed by atoms with Gasteiger partial charge in [-0.25, -0.2) is 13.2 Å². The van der Waals surface area contributed by atoms with E-state index in [2.05, 4.69) is 9.68 Å². The molecule has 0 amide bonds. The average Bonchev–Trinajstić information content (AvgIpc) is 2.68. The Morgan fingerprint density at radius 1 is 1.29 bits per heavy atom. The molecule has 6 heteroatoms. The van der Waals surface area contributed by atoms with Gasteiger partial charge in [0.1, 0.15) is 11.9 Å². The summed E-state index contributed by atoms with van der Waals surface area (Å²) in [5, 5.41) is 3.46. The Hall–Kier alpha value is -1.98. The Bertz CT molecular complexity index is 552. The number of hydrogen-bond donors (Lipinski definition) is 1. The number of halogens is 3. The fourth-order valence-corrected chi connectivity index (χ4v) is 1.44. The molecule has 0 spiro atoms. The van der Waals surface area contributed by atoms with Gasteiger partial charge < -0.3 is 10.3 Å². The van der Waals surface area contributed by atoms with Gasteiger partial charge in [-0.15, -0.1) is 0 Å². The van der Waals surface area contributed by atoms with E-state index in [0.29, 0.717) is 0 Å². The number of nitrogen functional groups attached to an aromatic ring is 1. The molecule has 1 aromatic carbocycles. The summed E-state index contributed by atoms with van der Waals surface area (Å²) >= 11 is 0. The van der Waals surface area contributed by atoms with Crippen molar-refractivity contribution in [3.05, 3.63) is 35.4 Å². The van der Waals surface area contributed by atoms with Crippen LogP contribution in [-0.2, 0) is 0 Å². The molecule has 17 heavy (non-hydrogen) atoms. The maximum atomic E-state index is 13.5. The first-order valence-corrected chi connectivity index (χ1v) is 4.84.